The first-order valence-corrected chi connectivity index (χ1v) is 8.59. The van der Waals surface area contributed by atoms with E-state index < -0.39 is 17.2 Å². The highest BCUT2D eigenvalue weighted by Gasteiger charge is 2.36. The van der Waals surface area contributed by atoms with Crippen LogP contribution in [0.3, 0.4) is 0 Å². The lowest BCUT2D eigenvalue weighted by molar-refractivity contribution is 0.361. The Labute approximate surface area is 155 Å². The Morgan fingerprint density at radius 1 is 1.19 bits per heavy atom. The van der Waals surface area contributed by atoms with Gasteiger partial charge in [0, 0.05) is 30.9 Å². The minimum absolute atomic E-state index is 0.133. The molecule has 3 aromatic rings. The minimum atomic E-state index is -0.998. The van der Waals surface area contributed by atoms with Gasteiger partial charge in [0.1, 0.15) is 5.69 Å². The molecular formula is C20H18F2N4O. The second-order valence-corrected chi connectivity index (χ2v) is 6.55. The molecule has 1 unspecified atom stereocenters. The van der Waals surface area contributed by atoms with Gasteiger partial charge >= 0.3 is 0 Å². The maximum atomic E-state index is 14.1. The number of hydrogen-bond donors (Lipinski definition) is 1. The number of rotatable bonds is 3. The molecule has 27 heavy (non-hydrogen) atoms. The molecule has 0 aliphatic carbocycles. The van der Waals surface area contributed by atoms with Crippen LogP contribution < -0.4 is 10.1 Å². The number of methoxy groups -OCH3 is 1. The average Bonchev–Trinajstić information content (AvgIpc) is 2.70. The van der Waals surface area contributed by atoms with Crippen molar-refractivity contribution < 1.29 is 13.5 Å². The molecule has 0 amide bonds. The number of aromatic nitrogens is 3. The molecule has 1 N–H and O–H groups in total. The molecule has 1 atom stereocenters. The minimum Gasteiger partial charge on any atom is -0.494 e. The van der Waals surface area contributed by atoms with Crippen LogP contribution >= 0.6 is 0 Å². The first-order valence-electron chi connectivity index (χ1n) is 8.59. The molecule has 0 saturated heterocycles. The number of nitrogens with one attached hydrogen (secondary N) is 1. The molecule has 138 valence electrons. The highest BCUT2D eigenvalue weighted by atomic mass is 19.2. The van der Waals surface area contributed by atoms with E-state index in [1.807, 2.05) is 25.1 Å². The molecule has 2 aromatic heterocycles. The molecule has 5 nitrogen and oxygen atoms in total. The van der Waals surface area contributed by atoms with Crippen molar-refractivity contribution in [1.29, 1.82) is 0 Å². The SMILES string of the molecule is COc1cc(C2(C)NCCc3nc(-c4ccccn4)ncc32)cc(F)c1F. The summed E-state index contributed by atoms with van der Waals surface area (Å²) in [4.78, 5) is 13.4. The highest BCUT2D eigenvalue weighted by Crippen LogP contribution is 2.37. The lowest BCUT2D eigenvalue weighted by Gasteiger charge is -2.37. The summed E-state index contributed by atoms with van der Waals surface area (Å²) in [6.45, 7) is 2.55. The summed E-state index contributed by atoms with van der Waals surface area (Å²) in [5, 5.41) is 3.38. The molecule has 0 radical (unpaired) electrons. The summed E-state index contributed by atoms with van der Waals surface area (Å²) in [5.74, 6) is -1.54. The molecule has 0 fully saturated rings. The van der Waals surface area contributed by atoms with E-state index in [0.717, 1.165) is 11.3 Å². The van der Waals surface area contributed by atoms with Gasteiger partial charge in [0.05, 0.1) is 18.3 Å². The van der Waals surface area contributed by atoms with Gasteiger partial charge in [-0.3, -0.25) is 4.98 Å². The lowest BCUT2D eigenvalue weighted by atomic mass is 9.81. The van der Waals surface area contributed by atoms with Gasteiger partial charge in [-0.05, 0) is 36.8 Å². The first kappa shape index (κ1) is 17.5. The number of hydrogen-bond acceptors (Lipinski definition) is 5. The Hall–Kier alpha value is -2.93. The van der Waals surface area contributed by atoms with Crippen molar-refractivity contribution in [2.24, 2.45) is 0 Å². The third-order valence-electron chi connectivity index (χ3n) is 4.93. The smallest absolute Gasteiger partial charge is 0.200 e. The zero-order valence-electron chi connectivity index (χ0n) is 15.0. The van der Waals surface area contributed by atoms with Gasteiger partial charge in [0.15, 0.2) is 17.4 Å². The third-order valence-corrected chi connectivity index (χ3v) is 4.93. The van der Waals surface area contributed by atoms with Crippen LogP contribution in [-0.4, -0.2) is 28.6 Å². The fraction of sp³-hybridized carbons (Fsp3) is 0.250. The zero-order valence-corrected chi connectivity index (χ0v) is 15.0. The molecule has 0 bridgehead atoms. The van der Waals surface area contributed by atoms with Crippen LogP contribution in [0, 0.1) is 11.6 Å². The number of nitrogens with zero attached hydrogens (tertiary/aromatic N) is 3. The third kappa shape index (κ3) is 2.94. The normalized spacial score (nSPS) is 18.8. The van der Waals surface area contributed by atoms with Gasteiger partial charge in [-0.25, -0.2) is 14.4 Å². The van der Waals surface area contributed by atoms with Crippen molar-refractivity contribution in [3.63, 3.8) is 0 Å². The van der Waals surface area contributed by atoms with Gasteiger partial charge in [0.2, 0.25) is 5.82 Å². The van der Waals surface area contributed by atoms with Crippen LogP contribution in [0.5, 0.6) is 5.75 Å². The van der Waals surface area contributed by atoms with Gasteiger partial charge < -0.3 is 10.1 Å². The first-order chi connectivity index (χ1) is 13.0. The van der Waals surface area contributed by atoms with E-state index in [1.165, 1.54) is 19.2 Å². The van der Waals surface area contributed by atoms with Gasteiger partial charge in [-0.2, -0.15) is 4.39 Å². The number of pyridine rings is 1. The van der Waals surface area contributed by atoms with Crippen molar-refractivity contribution in [2.45, 2.75) is 18.9 Å². The standard InChI is InChI=1S/C20H18F2N4O/c1-20(12-9-14(21)18(22)17(10-12)27-2)13-11-24-19(16-5-3-4-7-23-16)26-15(13)6-8-25-20/h3-5,7,9-11,25H,6,8H2,1-2H3. The van der Waals surface area contributed by atoms with E-state index in [2.05, 4.69) is 20.3 Å². The predicted molar refractivity (Wildman–Crippen MR) is 96.3 cm³/mol. The Morgan fingerprint density at radius 2 is 2.04 bits per heavy atom. The second kappa shape index (κ2) is 6.66. The zero-order chi connectivity index (χ0) is 19.0. The van der Waals surface area contributed by atoms with Crippen LogP contribution in [0.4, 0.5) is 8.78 Å². The number of halogens is 2. The summed E-state index contributed by atoms with van der Waals surface area (Å²) >= 11 is 0. The van der Waals surface area contributed by atoms with Crippen LogP contribution in [0.1, 0.15) is 23.7 Å². The summed E-state index contributed by atoms with van der Waals surface area (Å²) in [5.41, 5.74) is 2.15. The van der Waals surface area contributed by atoms with Crippen LogP contribution in [0.15, 0.2) is 42.7 Å². The quantitative estimate of drug-likeness (QED) is 0.769. The van der Waals surface area contributed by atoms with Crippen molar-refractivity contribution >= 4 is 0 Å². The monoisotopic (exact) mass is 368 g/mol. The molecule has 0 spiro atoms. The Kier molecular flexibility index (Phi) is 4.31. The molecule has 1 aliphatic rings. The molecule has 0 saturated carbocycles. The Bertz CT molecular complexity index is 997. The maximum Gasteiger partial charge on any atom is 0.200 e. The number of fused-ring (bicyclic) bond motifs is 1. The van der Waals surface area contributed by atoms with Gasteiger partial charge in [0.25, 0.3) is 0 Å². The van der Waals surface area contributed by atoms with E-state index in [0.29, 0.717) is 30.0 Å². The summed E-state index contributed by atoms with van der Waals surface area (Å²) < 4.78 is 32.9. The summed E-state index contributed by atoms with van der Waals surface area (Å²) in [6, 6.07) is 8.26. The summed E-state index contributed by atoms with van der Waals surface area (Å²) in [7, 11) is 1.31. The number of ether oxygens (including phenoxy) is 1. The Morgan fingerprint density at radius 3 is 2.78 bits per heavy atom. The van der Waals surface area contributed by atoms with Crippen LogP contribution in [0.25, 0.3) is 11.5 Å². The lowest BCUT2D eigenvalue weighted by Crippen LogP contribution is -2.46. The molecule has 1 aliphatic heterocycles. The van der Waals surface area contributed by atoms with E-state index in [4.69, 9.17) is 4.74 Å². The average molecular weight is 368 g/mol. The predicted octanol–water partition coefficient (Wildman–Crippen LogP) is 3.23. The maximum absolute atomic E-state index is 14.1. The highest BCUT2D eigenvalue weighted by molar-refractivity contribution is 5.51. The van der Waals surface area contributed by atoms with E-state index in [9.17, 15) is 8.78 Å². The second-order valence-electron chi connectivity index (χ2n) is 6.55. The molecule has 1 aromatic carbocycles. The van der Waals surface area contributed by atoms with Crippen LogP contribution in [0.2, 0.25) is 0 Å². The summed E-state index contributed by atoms with van der Waals surface area (Å²) in [6.07, 6.45) is 4.12. The largest absolute Gasteiger partial charge is 0.494 e. The molecule has 7 heteroatoms. The van der Waals surface area contributed by atoms with Crippen molar-refractivity contribution in [2.75, 3.05) is 13.7 Å². The van der Waals surface area contributed by atoms with E-state index >= 15 is 0 Å². The number of benzene rings is 1. The fourth-order valence-electron chi connectivity index (χ4n) is 3.43. The van der Waals surface area contributed by atoms with Crippen molar-refractivity contribution in [3.8, 4) is 17.3 Å². The van der Waals surface area contributed by atoms with Crippen LogP contribution in [-0.2, 0) is 12.0 Å². The molecular weight excluding hydrogens is 350 g/mol. The van der Waals surface area contributed by atoms with Crippen molar-refractivity contribution in [1.82, 2.24) is 20.3 Å². The van der Waals surface area contributed by atoms with Crippen molar-refractivity contribution in [3.05, 3.63) is 71.2 Å². The Balaban J connectivity index is 1.82. The van der Waals surface area contributed by atoms with Gasteiger partial charge in [-0.15, -0.1) is 0 Å². The van der Waals surface area contributed by atoms with E-state index in [1.54, 1.807) is 12.4 Å². The van der Waals surface area contributed by atoms with E-state index in [-0.39, 0.29) is 5.75 Å². The van der Waals surface area contributed by atoms with Gasteiger partial charge in [-0.1, -0.05) is 6.07 Å². The molecule has 4 rings (SSSR count). The molecule has 3 heterocycles. The topological polar surface area (TPSA) is 59.9 Å². The fourth-order valence-corrected chi connectivity index (χ4v) is 3.43.